The predicted molar refractivity (Wildman–Crippen MR) is 74.0 cm³/mol. The largest absolute Gasteiger partial charge is 0.383 e. The second-order valence-corrected chi connectivity index (χ2v) is 3.86. The maximum Gasteiger partial charge on any atom is 0.224 e. The molecule has 0 amide bonds. The van der Waals surface area contributed by atoms with Crippen LogP contribution in [0.5, 0.6) is 0 Å². The van der Waals surface area contributed by atoms with Crippen molar-refractivity contribution in [1.82, 2.24) is 15.0 Å². The van der Waals surface area contributed by atoms with E-state index in [1.165, 1.54) is 0 Å². The Morgan fingerprint density at radius 3 is 2.84 bits per heavy atom. The third kappa shape index (κ3) is 4.51. The van der Waals surface area contributed by atoms with Gasteiger partial charge in [0.25, 0.3) is 0 Å². The molecule has 0 saturated heterocycles. The molecule has 0 spiro atoms. The molecule has 0 bridgehead atoms. The van der Waals surface area contributed by atoms with Crippen molar-refractivity contribution in [3.8, 4) is 0 Å². The first kappa shape index (κ1) is 13.2. The molecule has 0 aliphatic heterocycles. The Hall–Kier alpha value is -2.21. The molecule has 0 unspecified atom stereocenters. The molecule has 2 aromatic rings. The minimum absolute atomic E-state index is 0.577. The van der Waals surface area contributed by atoms with Gasteiger partial charge in [0.05, 0.1) is 18.8 Å². The van der Waals surface area contributed by atoms with Crippen LogP contribution in [0, 0.1) is 0 Å². The number of nitrogens with one attached hydrogen (secondary N) is 2. The van der Waals surface area contributed by atoms with Crippen LogP contribution >= 0.6 is 0 Å². The molecule has 2 N–H and O–H groups in total. The number of rotatable bonds is 7. The summed E-state index contributed by atoms with van der Waals surface area (Å²) in [5, 5.41) is 6.29. The molecule has 19 heavy (non-hydrogen) atoms. The minimum atomic E-state index is 0.577. The van der Waals surface area contributed by atoms with E-state index in [-0.39, 0.29) is 0 Å². The zero-order chi connectivity index (χ0) is 13.3. The van der Waals surface area contributed by atoms with Gasteiger partial charge in [-0.15, -0.1) is 0 Å². The smallest absolute Gasteiger partial charge is 0.224 e. The third-order valence-corrected chi connectivity index (χ3v) is 2.42. The van der Waals surface area contributed by atoms with Crippen LogP contribution in [0.4, 0.5) is 11.8 Å². The number of nitrogens with zero attached hydrogens (tertiary/aromatic N) is 3. The van der Waals surface area contributed by atoms with Gasteiger partial charge in [-0.3, -0.25) is 4.98 Å². The summed E-state index contributed by atoms with van der Waals surface area (Å²) in [7, 11) is 1.67. The van der Waals surface area contributed by atoms with Gasteiger partial charge in [0, 0.05) is 26.0 Å². The lowest BCUT2D eigenvalue weighted by Gasteiger charge is -2.07. The quantitative estimate of drug-likeness (QED) is 0.735. The van der Waals surface area contributed by atoms with E-state index in [1.54, 1.807) is 19.5 Å². The van der Waals surface area contributed by atoms with Gasteiger partial charge < -0.3 is 15.4 Å². The van der Waals surface area contributed by atoms with E-state index in [4.69, 9.17) is 4.74 Å². The van der Waals surface area contributed by atoms with E-state index in [0.29, 0.717) is 25.6 Å². The van der Waals surface area contributed by atoms with Crippen LogP contribution in [0.25, 0.3) is 0 Å². The van der Waals surface area contributed by atoms with E-state index in [9.17, 15) is 0 Å². The zero-order valence-electron chi connectivity index (χ0n) is 10.8. The molecular weight excluding hydrogens is 242 g/mol. The van der Waals surface area contributed by atoms with Crippen molar-refractivity contribution in [2.45, 2.75) is 6.54 Å². The number of pyridine rings is 1. The molecule has 0 atom stereocenters. The summed E-state index contributed by atoms with van der Waals surface area (Å²) in [5.41, 5.74) is 0.948. The Bertz CT molecular complexity index is 491. The standard InChI is InChI=1S/C13H17N5O/c1-19-9-8-15-12-5-7-16-13(18-12)17-10-11-4-2-3-6-14-11/h2-7H,8-10H2,1H3,(H2,15,16,17,18). The number of hydrogen-bond acceptors (Lipinski definition) is 6. The van der Waals surface area contributed by atoms with Gasteiger partial charge in [-0.05, 0) is 18.2 Å². The monoisotopic (exact) mass is 259 g/mol. The fourth-order valence-corrected chi connectivity index (χ4v) is 1.50. The fraction of sp³-hybridized carbons (Fsp3) is 0.308. The number of aromatic nitrogens is 3. The number of methoxy groups -OCH3 is 1. The Labute approximate surface area is 112 Å². The molecule has 0 radical (unpaired) electrons. The molecule has 0 saturated carbocycles. The molecule has 0 aromatic carbocycles. The van der Waals surface area contributed by atoms with Gasteiger partial charge in [0.1, 0.15) is 5.82 Å². The van der Waals surface area contributed by atoms with Gasteiger partial charge in [-0.1, -0.05) is 6.07 Å². The Kier molecular flexibility index (Phi) is 5.06. The van der Waals surface area contributed by atoms with E-state index in [0.717, 1.165) is 11.5 Å². The second-order valence-electron chi connectivity index (χ2n) is 3.86. The Morgan fingerprint density at radius 1 is 1.11 bits per heavy atom. The highest BCUT2D eigenvalue weighted by Gasteiger charge is 1.99. The maximum absolute atomic E-state index is 4.97. The van der Waals surface area contributed by atoms with Gasteiger partial charge in [-0.25, -0.2) is 4.98 Å². The van der Waals surface area contributed by atoms with Crippen molar-refractivity contribution in [2.24, 2.45) is 0 Å². The second kappa shape index (κ2) is 7.27. The van der Waals surface area contributed by atoms with Crippen LogP contribution in [0.1, 0.15) is 5.69 Å². The summed E-state index contributed by atoms with van der Waals surface area (Å²) >= 11 is 0. The summed E-state index contributed by atoms with van der Waals surface area (Å²) in [6, 6.07) is 7.61. The normalized spacial score (nSPS) is 10.2. The first-order chi connectivity index (χ1) is 9.38. The lowest BCUT2D eigenvalue weighted by Crippen LogP contribution is -2.10. The minimum Gasteiger partial charge on any atom is -0.383 e. The molecule has 2 heterocycles. The molecule has 6 heteroatoms. The van der Waals surface area contributed by atoms with Crippen molar-refractivity contribution in [3.05, 3.63) is 42.4 Å². The predicted octanol–water partition coefficient (Wildman–Crippen LogP) is 1.54. The first-order valence-corrected chi connectivity index (χ1v) is 6.08. The highest BCUT2D eigenvalue weighted by molar-refractivity contribution is 5.39. The summed E-state index contributed by atoms with van der Waals surface area (Å²) in [4.78, 5) is 12.7. The maximum atomic E-state index is 4.97. The summed E-state index contributed by atoms with van der Waals surface area (Å²) in [6.45, 7) is 1.95. The van der Waals surface area contributed by atoms with Gasteiger partial charge in [0.15, 0.2) is 0 Å². The first-order valence-electron chi connectivity index (χ1n) is 6.08. The van der Waals surface area contributed by atoms with Crippen molar-refractivity contribution in [1.29, 1.82) is 0 Å². The molecule has 0 aliphatic rings. The van der Waals surface area contributed by atoms with E-state index in [1.807, 2.05) is 24.3 Å². The van der Waals surface area contributed by atoms with Crippen LogP contribution in [0.15, 0.2) is 36.7 Å². The third-order valence-electron chi connectivity index (χ3n) is 2.42. The lowest BCUT2D eigenvalue weighted by molar-refractivity contribution is 0.210. The van der Waals surface area contributed by atoms with Crippen LogP contribution in [-0.2, 0) is 11.3 Å². The van der Waals surface area contributed by atoms with Crippen molar-refractivity contribution < 1.29 is 4.74 Å². The van der Waals surface area contributed by atoms with Gasteiger partial charge in [0.2, 0.25) is 5.95 Å². The van der Waals surface area contributed by atoms with Crippen molar-refractivity contribution in [3.63, 3.8) is 0 Å². The van der Waals surface area contributed by atoms with E-state index in [2.05, 4.69) is 25.6 Å². The average Bonchev–Trinajstić information content (AvgIpc) is 2.47. The summed E-state index contributed by atoms with van der Waals surface area (Å²) in [5.74, 6) is 1.35. The fourth-order valence-electron chi connectivity index (χ4n) is 1.50. The topological polar surface area (TPSA) is 72.0 Å². The van der Waals surface area contributed by atoms with Gasteiger partial charge in [-0.2, -0.15) is 4.98 Å². The van der Waals surface area contributed by atoms with Crippen molar-refractivity contribution in [2.75, 3.05) is 30.9 Å². The molecule has 100 valence electrons. The Balaban J connectivity index is 1.88. The molecule has 2 rings (SSSR count). The van der Waals surface area contributed by atoms with Crippen LogP contribution in [0.3, 0.4) is 0 Å². The summed E-state index contributed by atoms with van der Waals surface area (Å²) in [6.07, 6.45) is 3.48. The number of ether oxygens (including phenoxy) is 1. The average molecular weight is 259 g/mol. The highest BCUT2D eigenvalue weighted by atomic mass is 16.5. The van der Waals surface area contributed by atoms with Crippen LogP contribution in [0.2, 0.25) is 0 Å². The molecule has 0 aliphatic carbocycles. The lowest BCUT2D eigenvalue weighted by atomic mass is 10.3. The molecule has 6 nitrogen and oxygen atoms in total. The van der Waals surface area contributed by atoms with Crippen LogP contribution < -0.4 is 10.6 Å². The Morgan fingerprint density at radius 2 is 2.05 bits per heavy atom. The molecule has 0 fully saturated rings. The zero-order valence-corrected chi connectivity index (χ0v) is 10.8. The number of hydrogen-bond donors (Lipinski definition) is 2. The van der Waals surface area contributed by atoms with E-state index >= 15 is 0 Å². The SMILES string of the molecule is COCCNc1ccnc(NCc2ccccn2)n1. The van der Waals surface area contributed by atoms with Gasteiger partial charge >= 0.3 is 0 Å². The van der Waals surface area contributed by atoms with Crippen molar-refractivity contribution >= 4 is 11.8 Å². The van der Waals surface area contributed by atoms with E-state index < -0.39 is 0 Å². The number of anilines is 2. The highest BCUT2D eigenvalue weighted by Crippen LogP contribution is 2.06. The summed E-state index contributed by atoms with van der Waals surface area (Å²) < 4.78 is 4.97. The molecular formula is C13H17N5O. The molecule has 2 aromatic heterocycles. The van der Waals surface area contributed by atoms with Crippen LogP contribution in [-0.4, -0.2) is 35.2 Å².